The minimum atomic E-state index is -0.759. The molecule has 6 heteroatoms. The number of carboxylic acids is 1. The highest BCUT2D eigenvalue weighted by molar-refractivity contribution is 5.79. The summed E-state index contributed by atoms with van der Waals surface area (Å²) in [4.78, 5) is 26.7. The lowest BCUT2D eigenvalue weighted by Gasteiger charge is -2.35. The van der Waals surface area contributed by atoms with Crippen LogP contribution in [-0.4, -0.2) is 72.6 Å². The van der Waals surface area contributed by atoms with Crippen molar-refractivity contribution in [1.82, 2.24) is 15.1 Å². The summed E-state index contributed by atoms with van der Waals surface area (Å²) in [5, 5.41) is 11.8. The summed E-state index contributed by atoms with van der Waals surface area (Å²) in [5.74, 6) is -0.348. The zero-order chi connectivity index (χ0) is 13.0. The van der Waals surface area contributed by atoms with Gasteiger partial charge in [-0.15, -0.1) is 0 Å². The second-order valence-corrected chi connectivity index (χ2v) is 5.00. The molecule has 0 aromatic carbocycles. The summed E-state index contributed by atoms with van der Waals surface area (Å²) in [5.41, 5.74) is 0. The van der Waals surface area contributed by atoms with Gasteiger partial charge < -0.3 is 15.3 Å². The molecule has 2 saturated heterocycles. The van der Waals surface area contributed by atoms with Crippen molar-refractivity contribution in [2.75, 3.05) is 45.8 Å². The zero-order valence-corrected chi connectivity index (χ0v) is 10.6. The number of hydrogen-bond acceptors (Lipinski definition) is 4. The van der Waals surface area contributed by atoms with E-state index in [2.05, 4.69) is 10.2 Å². The molecule has 1 unspecified atom stereocenters. The Kier molecular flexibility index (Phi) is 4.54. The third kappa shape index (κ3) is 3.43. The molecular formula is C12H21N3O3. The number of carbonyl (C=O) groups is 2. The normalized spacial score (nSPS) is 25.3. The van der Waals surface area contributed by atoms with Crippen molar-refractivity contribution in [3.05, 3.63) is 0 Å². The van der Waals surface area contributed by atoms with Crippen molar-refractivity contribution in [1.29, 1.82) is 0 Å². The molecule has 0 radical (unpaired) electrons. The fourth-order valence-corrected chi connectivity index (χ4v) is 2.57. The van der Waals surface area contributed by atoms with Crippen LogP contribution in [0.15, 0.2) is 0 Å². The highest BCUT2D eigenvalue weighted by atomic mass is 16.4. The average Bonchev–Trinajstić information content (AvgIpc) is 2.90. The molecule has 1 amide bonds. The minimum absolute atomic E-state index is 0.149. The summed E-state index contributed by atoms with van der Waals surface area (Å²) in [6, 6.07) is 0. The topological polar surface area (TPSA) is 72.9 Å². The number of piperazine rings is 1. The molecule has 0 aromatic rings. The molecule has 18 heavy (non-hydrogen) atoms. The van der Waals surface area contributed by atoms with Gasteiger partial charge in [0.1, 0.15) is 0 Å². The van der Waals surface area contributed by atoms with E-state index < -0.39 is 5.97 Å². The van der Waals surface area contributed by atoms with Crippen LogP contribution >= 0.6 is 0 Å². The van der Waals surface area contributed by atoms with Crippen LogP contribution in [0.4, 0.5) is 0 Å². The van der Waals surface area contributed by atoms with E-state index in [0.717, 1.165) is 45.7 Å². The van der Waals surface area contributed by atoms with Gasteiger partial charge in [0.2, 0.25) is 5.91 Å². The molecular weight excluding hydrogens is 234 g/mol. The fraction of sp³-hybridized carbons (Fsp3) is 0.833. The van der Waals surface area contributed by atoms with E-state index in [1.165, 1.54) is 0 Å². The molecule has 6 nitrogen and oxygen atoms in total. The Hall–Kier alpha value is -1.14. The van der Waals surface area contributed by atoms with Crippen LogP contribution in [0.3, 0.4) is 0 Å². The number of carboxylic acid groups (broad SMARTS) is 1. The van der Waals surface area contributed by atoms with Crippen LogP contribution in [0.2, 0.25) is 0 Å². The van der Waals surface area contributed by atoms with Gasteiger partial charge in [0.05, 0.1) is 12.3 Å². The maximum atomic E-state index is 12.1. The first-order valence-corrected chi connectivity index (χ1v) is 6.60. The quantitative estimate of drug-likeness (QED) is 0.689. The Balaban J connectivity index is 1.72. The first kappa shape index (κ1) is 13.3. The van der Waals surface area contributed by atoms with Crippen molar-refractivity contribution >= 4 is 11.9 Å². The van der Waals surface area contributed by atoms with E-state index in [0.29, 0.717) is 6.54 Å². The van der Waals surface area contributed by atoms with Crippen molar-refractivity contribution in [3.8, 4) is 0 Å². The lowest BCUT2D eigenvalue weighted by molar-refractivity contribution is -0.139. The van der Waals surface area contributed by atoms with Crippen molar-refractivity contribution < 1.29 is 14.7 Å². The van der Waals surface area contributed by atoms with Crippen molar-refractivity contribution in [2.24, 2.45) is 5.92 Å². The van der Waals surface area contributed by atoms with Crippen LogP contribution in [0.1, 0.15) is 12.8 Å². The molecule has 2 aliphatic rings. The second kappa shape index (κ2) is 6.15. The predicted octanol–water partition coefficient (Wildman–Crippen LogP) is -0.785. The van der Waals surface area contributed by atoms with Gasteiger partial charge in [0.25, 0.3) is 0 Å². The summed E-state index contributed by atoms with van der Waals surface area (Å²) in [6.07, 6.45) is 1.12. The number of rotatable bonds is 4. The summed E-state index contributed by atoms with van der Waals surface area (Å²) in [7, 11) is 0. The number of carbonyl (C=O) groups excluding carboxylic acids is 1. The molecule has 2 rings (SSSR count). The van der Waals surface area contributed by atoms with Gasteiger partial charge in [0.15, 0.2) is 0 Å². The molecule has 1 atom stereocenters. The van der Waals surface area contributed by atoms with Gasteiger partial charge in [-0.2, -0.15) is 0 Å². The predicted molar refractivity (Wildman–Crippen MR) is 66.2 cm³/mol. The number of hydrogen-bond donors (Lipinski definition) is 2. The monoisotopic (exact) mass is 255 g/mol. The Morgan fingerprint density at radius 2 is 1.94 bits per heavy atom. The third-order valence-corrected chi connectivity index (χ3v) is 3.74. The summed E-state index contributed by atoms with van der Waals surface area (Å²) < 4.78 is 0. The van der Waals surface area contributed by atoms with Crippen LogP contribution < -0.4 is 5.32 Å². The third-order valence-electron chi connectivity index (χ3n) is 3.74. The van der Waals surface area contributed by atoms with E-state index in [1.807, 2.05) is 4.90 Å². The minimum Gasteiger partial charge on any atom is -0.481 e. The van der Waals surface area contributed by atoms with Gasteiger partial charge in [0, 0.05) is 39.3 Å². The molecule has 2 aliphatic heterocycles. The standard InChI is InChI=1S/C12H21N3O3/c16-11(17)2-4-14-5-7-15(8-6-14)12(18)10-1-3-13-9-10/h10,13H,1-9H2,(H,16,17). The van der Waals surface area contributed by atoms with E-state index in [9.17, 15) is 9.59 Å². The van der Waals surface area contributed by atoms with Gasteiger partial charge in [-0.05, 0) is 13.0 Å². The van der Waals surface area contributed by atoms with E-state index >= 15 is 0 Å². The largest absolute Gasteiger partial charge is 0.481 e. The molecule has 0 spiro atoms. The Labute approximate surface area is 107 Å². The van der Waals surface area contributed by atoms with Crippen molar-refractivity contribution in [3.63, 3.8) is 0 Å². The smallest absolute Gasteiger partial charge is 0.304 e. The van der Waals surface area contributed by atoms with Crippen LogP contribution in [0, 0.1) is 5.92 Å². The van der Waals surface area contributed by atoms with E-state index in [-0.39, 0.29) is 18.2 Å². The van der Waals surface area contributed by atoms with Crippen molar-refractivity contribution in [2.45, 2.75) is 12.8 Å². The number of nitrogens with one attached hydrogen (secondary N) is 1. The van der Waals surface area contributed by atoms with Crippen LogP contribution in [0.25, 0.3) is 0 Å². The lowest BCUT2D eigenvalue weighted by Crippen LogP contribution is -2.50. The maximum Gasteiger partial charge on any atom is 0.304 e. The first-order chi connectivity index (χ1) is 8.66. The SMILES string of the molecule is O=C(O)CCN1CCN(C(=O)C2CCNC2)CC1. The van der Waals surface area contributed by atoms with Gasteiger partial charge in [-0.3, -0.25) is 14.5 Å². The molecule has 0 saturated carbocycles. The number of amides is 1. The molecule has 102 valence electrons. The zero-order valence-electron chi connectivity index (χ0n) is 10.6. The van der Waals surface area contributed by atoms with Gasteiger partial charge in [-0.1, -0.05) is 0 Å². The van der Waals surface area contributed by atoms with Gasteiger partial charge >= 0.3 is 5.97 Å². The lowest BCUT2D eigenvalue weighted by atomic mass is 10.1. The Morgan fingerprint density at radius 1 is 1.22 bits per heavy atom. The first-order valence-electron chi connectivity index (χ1n) is 6.60. The molecule has 2 fully saturated rings. The molecule has 0 aromatic heterocycles. The van der Waals surface area contributed by atoms with Gasteiger partial charge in [-0.25, -0.2) is 0 Å². The molecule has 2 heterocycles. The Morgan fingerprint density at radius 3 is 2.50 bits per heavy atom. The fourth-order valence-electron chi connectivity index (χ4n) is 2.57. The molecule has 0 aliphatic carbocycles. The summed E-state index contributed by atoms with van der Waals surface area (Å²) >= 11 is 0. The average molecular weight is 255 g/mol. The Bertz CT molecular complexity index is 308. The number of nitrogens with zero attached hydrogens (tertiary/aromatic N) is 2. The highest BCUT2D eigenvalue weighted by Gasteiger charge is 2.29. The maximum absolute atomic E-state index is 12.1. The van der Waals surface area contributed by atoms with Crippen LogP contribution in [0.5, 0.6) is 0 Å². The summed E-state index contributed by atoms with van der Waals surface area (Å²) in [6.45, 7) is 5.37. The highest BCUT2D eigenvalue weighted by Crippen LogP contribution is 2.13. The van der Waals surface area contributed by atoms with E-state index in [4.69, 9.17) is 5.11 Å². The molecule has 2 N–H and O–H groups in total. The van der Waals surface area contributed by atoms with E-state index in [1.54, 1.807) is 0 Å². The molecule has 0 bridgehead atoms. The second-order valence-electron chi connectivity index (χ2n) is 5.00. The number of aliphatic carboxylic acids is 1. The van der Waals surface area contributed by atoms with Crippen LogP contribution in [-0.2, 0) is 9.59 Å².